The molecule has 6 heteroatoms. The number of para-hydroxylation sites is 1. The van der Waals surface area contributed by atoms with Crippen LogP contribution in [-0.2, 0) is 4.79 Å². The molecule has 1 saturated heterocycles. The SMILES string of the molecule is C=C1NC(=O)N[C@@H](c2ccc(OCC)cc2)[C@@H]1C(=O)Nc1ccccc1. The first-order valence-electron chi connectivity index (χ1n) is 8.43. The van der Waals surface area contributed by atoms with Crippen molar-refractivity contribution in [3.63, 3.8) is 0 Å². The van der Waals surface area contributed by atoms with E-state index in [9.17, 15) is 9.59 Å². The first kappa shape index (κ1) is 17.5. The molecule has 1 aliphatic rings. The molecule has 1 heterocycles. The summed E-state index contributed by atoms with van der Waals surface area (Å²) in [6.45, 7) is 6.36. The Balaban J connectivity index is 1.85. The molecule has 2 aromatic rings. The molecular formula is C20H21N3O3. The summed E-state index contributed by atoms with van der Waals surface area (Å²) in [5, 5.41) is 8.29. The van der Waals surface area contributed by atoms with Gasteiger partial charge < -0.3 is 20.7 Å². The van der Waals surface area contributed by atoms with Crippen LogP contribution < -0.4 is 20.7 Å². The highest BCUT2D eigenvalue weighted by atomic mass is 16.5. The summed E-state index contributed by atoms with van der Waals surface area (Å²) in [7, 11) is 0. The van der Waals surface area contributed by atoms with Crippen LogP contribution in [0.2, 0.25) is 0 Å². The Bertz CT molecular complexity index is 803. The molecule has 0 spiro atoms. The second-order valence-corrected chi connectivity index (χ2v) is 5.94. The molecule has 0 bridgehead atoms. The molecular weight excluding hydrogens is 330 g/mol. The third kappa shape index (κ3) is 3.85. The van der Waals surface area contributed by atoms with Gasteiger partial charge in [0.05, 0.1) is 12.6 Å². The summed E-state index contributed by atoms with van der Waals surface area (Å²) in [5.41, 5.74) is 1.85. The highest BCUT2D eigenvalue weighted by Gasteiger charge is 2.37. The number of amides is 3. The Morgan fingerprint density at radius 1 is 1.15 bits per heavy atom. The summed E-state index contributed by atoms with van der Waals surface area (Å²) < 4.78 is 5.45. The van der Waals surface area contributed by atoms with Crippen LogP contribution in [0, 0.1) is 5.92 Å². The van der Waals surface area contributed by atoms with Gasteiger partial charge in [0.2, 0.25) is 5.91 Å². The van der Waals surface area contributed by atoms with E-state index in [0.717, 1.165) is 11.3 Å². The lowest BCUT2D eigenvalue weighted by atomic mass is 9.88. The van der Waals surface area contributed by atoms with Crippen molar-refractivity contribution in [3.05, 3.63) is 72.4 Å². The summed E-state index contributed by atoms with van der Waals surface area (Å²) in [5.74, 6) is -0.154. The average molecular weight is 351 g/mol. The minimum Gasteiger partial charge on any atom is -0.494 e. The number of hydrogen-bond donors (Lipinski definition) is 3. The fourth-order valence-corrected chi connectivity index (χ4v) is 2.95. The molecule has 3 N–H and O–H groups in total. The highest BCUT2D eigenvalue weighted by molar-refractivity contribution is 5.97. The molecule has 3 rings (SSSR count). The number of anilines is 1. The molecule has 3 amide bonds. The second kappa shape index (κ2) is 7.74. The maximum absolute atomic E-state index is 12.8. The quantitative estimate of drug-likeness (QED) is 0.774. The smallest absolute Gasteiger partial charge is 0.319 e. The lowest BCUT2D eigenvalue weighted by Crippen LogP contribution is -2.51. The van der Waals surface area contributed by atoms with Gasteiger partial charge in [-0.1, -0.05) is 36.9 Å². The number of benzene rings is 2. The van der Waals surface area contributed by atoms with Crippen LogP contribution in [0.1, 0.15) is 18.5 Å². The third-order valence-electron chi connectivity index (χ3n) is 4.14. The predicted octanol–water partition coefficient (Wildman–Crippen LogP) is 3.21. The maximum Gasteiger partial charge on any atom is 0.319 e. The van der Waals surface area contributed by atoms with Gasteiger partial charge in [0.15, 0.2) is 0 Å². The van der Waals surface area contributed by atoms with Crippen LogP contribution in [0.5, 0.6) is 5.75 Å². The van der Waals surface area contributed by atoms with Crippen LogP contribution in [0.4, 0.5) is 10.5 Å². The minimum absolute atomic E-state index is 0.243. The number of urea groups is 1. The Morgan fingerprint density at radius 2 is 1.85 bits per heavy atom. The first-order valence-corrected chi connectivity index (χ1v) is 8.43. The van der Waals surface area contributed by atoms with Crippen LogP contribution >= 0.6 is 0 Å². The van der Waals surface area contributed by atoms with Crippen molar-refractivity contribution in [1.29, 1.82) is 0 Å². The standard InChI is InChI=1S/C20H21N3O3/c1-3-26-16-11-9-14(10-12-16)18-17(13(2)21-20(25)23-18)19(24)22-15-7-5-4-6-8-15/h4-12,17-18H,2-3H2,1H3,(H,22,24)(H2,21,23,25)/t17-,18+/m1/s1. The van der Waals surface area contributed by atoms with E-state index in [4.69, 9.17) is 4.74 Å². The molecule has 26 heavy (non-hydrogen) atoms. The highest BCUT2D eigenvalue weighted by Crippen LogP contribution is 2.31. The number of nitrogens with one attached hydrogen (secondary N) is 3. The van der Waals surface area contributed by atoms with E-state index in [-0.39, 0.29) is 11.9 Å². The van der Waals surface area contributed by atoms with Crippen LogP contribution in [0.15, 0.2) is 66.9 Å². The van der Waals surface area contributed by atoms with Crippen LogP contribution in [0.3, 0.4) is 0 Å². The van der Waals surface area contributed by atoms with Crippen molar-refractivity contribution in [3.8, 4) is 5.75 Å². The monoisotopic (exact) mass is 351 g/mol. The number of hydrogen-bond acceptors (Lipinski definition) is 3. The fraction of sp³-hybridized carbons (Fsp3) is 0.200. The first-order chi connectivity index (χ1) is 12.6. The van der Waals surface area contributed by atoms with Gasteiger partial charge in [-0.25, -0.2) is 4.79 Å². The molecule has 0 saturated carbocycles. The van der Waals surface area contributed by atoms with Gasteiger partial charge in [0.1, 0.15) is 11.7 Å². The van der Waals surface area contributed by atoms with E-state index in [1.165, 1.54) is 0 Å². The van der Waals surface area contributed by atoms with Crippen LogP contribution in [0.25, 0.3) is 0 Å². The lowest BCUT2D eigenvalue weighted by Gasteiger charge is -2.34. The van der Waals surface area contributed by atoms with Gasteiger partial charge in [-0.3, -0.25) is 4.79 Å². The number of ether oxygens (including phenoxy) is 1. The molecule has 6 nitrogen and oxygen atoms in total. The molecule has 1 aliphatic heterocycles. The van der Waals surface area contributed by atoms with Crippen molar-refractivity contribution in [2.75, 3.05) is 11.9 Å². The van der Waals surface area contributed by atoms with Crippen molar-refractivity contribution in [2.24, 2.45) is 5.92 Å². The topological polar surface area (TPSA) is 79.5 Å². The predicted molar refractivity (Wildman–Crippen MR) is 99.7 cm³/mol. The fourth-order valence-electron chi connectivity index (χ4n) is 2.95. The van der Waals surface area contributed by atoms with E-state index in [2.05, 4.69) is 22.5 Å². The van der Waals surface area contributed by atoms with Gasteiger partial charge in [-0.2, -0.15) is 0 Å². The van der Waals surface area contributed by atoms with E-state index in [0.29, 0.717) is 18.0 Å². The second-order valence-electron chi connectivity index (χ2n) is 5.94. The van der Waals surface area contributed by atoms with E-state index >= 15 is 0 Å². The van der Waals surface area contributed by atoms with Gasteiger partial charge in [-0.15, -0.1) is 0 Å². The maximum atomic E-state index is 12.8. The van der Waals surface area contributed by atoms with Gasteiger partial charge >= 0.3 is 6.03 Å². The Labute approximate surface area is 152 Å². The summed E-state index contributed by atoms with van der Waals surface area (Å²) in [4.78, 5) is 24.8. The van der Waals surface area contributed by atoms with Gasteiger partial charge in [0.25, 0.3) is 0 Å². The van der Waals surface area contributed by atoms with E-state index in [1.807, 2.05) is 49.4 Å². The summed E-state index contributed by atoms with van der Waals surface area (Å²) in [6.07, 6.45) is 0. The largest absolute Gasteiger partial charge is 0.494 e. The minimum atomic E-state index is -0.647. The van der Waals surface area contributed by atoms with Gasteiger partial charge in [-0.05, 0) is 36.8 Å². The number of carbonyl (C=O) groups is 2. The number of carbonyl (C=O) groups excluding carboxylic acids is 2. The normalized spacial score (nSPS) is 19.3. The van der Waals surface area contributed by atoms with E-state index < -0.39 is 12.0 Å². The number of rotatable bonds is 5. The Kier molecular flexibility index (Phi) is 5.22. The zero-order chi connectivity index (χ0) is 18.5. The van der Waals surface area contributed by atoms with E-state index in [1.54, 1.807) is 12.1 Å². The lowest BCUT2D eigenvalue weighted by molar-refractivity contribution is -0.119. The summed E-state index contributed by atoms with van der Waals surface area (Å²) in [6, 6.07) is 15.6. The molecule has 0 aliphatic carbocycles. The Hall–Kier alpha value is -3.28. The van der Waals surface area contributed by atoms with Crippen molar-refractivity contribution >= 4 is 17.6 Å². The molecule has 2 atom stereocenters. The average Bonchev–Trinajstić information content (AvgIpc) is 2.62. The van der Waals surface area contributed by atoms with Crippen molar-refractivity contribution < 1.29 is 14.3 Å². The zero-order valence-electron chi connectivity index (χ0n) is 14.5. The van der Waals surface area contributed by atoms with Crippen LogP contribution in [-0.4, -0.2) is 18.5 Å². The molecule has 0 aromatic heterocycles. The Morgan fingerprint density at radius 3 is 2.50 bits per heavy atom. The molecule has 134 valence electrons. The third-order valence-corrected chi connectivity index (χ3v) is 4.14. The van der Waals surface area contributed by atoms with Crippen molar-refractivity contribution in [2.45, 2.75) is 13.0 Å². The zero-order valence-corrected chi connectivity index (χ0v) is 14.5. The molecule has 2 aromatic carbocycles. The molecule has 0 unspecified atom stereocenters. The molecule has 0 radical (unpaired) electrons. The van der Waals surface area contributed by atoms with Crippen molar-refractivity contribution in [1.82, 2.24) is 10.6 Å². The summed E-state index contributed by atoms with van der Waals surface area (Å²) >= 11 is 0. The van der Waals surface area contributed by atoms with Gasteiger partial charge in [0, 0.05) is 11.4 Å². The molecule has 1 fully saturated rings.